The number of aryl methyl sites for hydroxylation is 1. The fourth-order valence-electron chi connectivity index (χ4n) is 1.73. The smallest absolute Gasteiger partial charge is 0.216 e. The first kappa shape index (κ1) is 16.4. The number of thiocarbonyl (C=S) groups is 1. The van der Waals surface area contributed by atoms with Gasteiger partial charge in [0.15, 0.2) is 5.11 Å². The summed E-state index contributed by atoms with van der Waals surface area (Å²) in [6.45, 7) is 4.87. The summed E-state index contributed by atoms with van der Waals surface area (Å²) >= 11 is 5.18. The van der Waals surface area contributed by atoms with E-state index in [-0.39, 0.29) is 5.91 Å². The van der Waals surface area contributed by atoms with Crippen molar-refractivity contribution >= 4 is 28.9 Å². The van der Waals surface area contributed by atoms with Gasteiger partial charge in [0.25, 0.3) is 0 Å². The molecule has 0 saturated carbocycles. The monoisotopic (exact) mass is 293 g/mol. The molecule has 0 radical (unpaired) electrons. The number of hydrogen-bond donors (Lipinski definition) is 3. The summed E-state index contributed by atoms with van der Waals surface area (Å²) in [5.74, 6) is -0.0339. The van der Waals surface area contributed by atoms with Crippen LogP contribution in [0.1, 0.15) is 32.3 Å². The Morgan fingerprint density at radius 2 is 1.80 bits per heavy atom. The minimum Gasteiger partial charge on any atom is -0.361 e. The highest BCUT2D eigenvalue weighted by Gasteiger charge is 1.98. The fraction of sp³-hybridized carbons (Fsp3) is 0.467. The number of rotatable bonds is 7. The topological polar surface area (TPSA) is 53.2 Å². The van der Waals surface area contributed by atoms with Crippen LogP contribution in [0.3, 0.4) is 0 Å². The fourth-order valence-corrected chi connectivity index (χ4v) is 1.95. The number of carbonyl (C=O) groups excluding carboxylic acids is 1. The molecule has 1 rings (SSSR count). The predicted octanol–water partition coefficient (Wildman–Crippen LogP) is 2.45. The van der Waals surface area contributed by atoms with Crippen LogP contribution in [0.5, 0.6) is 0 Å². The Morgan fingerprint density at radius 1 is 1.15 bits per heavy atom. The summed E-state index contributed by atoms with van der Waals surface area (Å²) in [4.78, 5) is 10.7. The first-order chi connectivity index (χ1) is 9.61. The minimum atomic E-state index is -0.0339. The highest BCUT2D eigenvalue weighted by atomic mass is 32.1. The number of carbonyl (C=O) groups is 1. The molecule has 20 heavy (non-hydrogen) atoms. The normalized spacial score (nSPS) is 9.90. The van der Waals surface area contributed by atoms with E-state index in [1.54, 1.807) is 0 Å². The molecule has 5 heteroatoms. The average molecular weight is 293 g/mol. The van der Waals surface area contributed by atoms with Crippen LogP contribution >= 0.6 is 12.2 Å². The molecule has 4 nitrogen and oxygen atoms in total. The second kappa shape index (κ2) is 9.31. The molecule has 0 atom stereocenters. The van der Waals surface area contributed by atoms with Crippen molar-refractivity contribution in [3.05, 3.63) is 29.8 Å². The number of unbranched alkanes of at least 4 members (excludes halogenated alkanes) is 1. The van der Waals surface area contributed by atoms with E-state index in [9.17, 15) is 4.79 Å². The maximum atomic E-state index is 10.7. The van der Waals surface area contributed by atoms with Gasteiger partial charge < -0.3 is 16.0 Å². The number of amides is 1. The van der Waals surface area contributed by atoms with E-state index in [1.807, 2.05) is 12.1 Å². The zero-order valence-corrected chi connectivity index (χ0v) is 13.0. The van der Waals surface area contributed by atoms with Gasteiger partial charge in [0.2, 0.25) is 5.91 Å². The summed E-state index contributed by atoms with van der Waals surface area (Å²) < 4.78 is 0. The lowest BCUT2D eigenvalue weighted by Gasteiger charge is -2.11. The number of hydrogen-bond acceptors (Lipinski definition) is 2. The van der Waals surface area contributed by atoms with Crippen molar-refractivity contribution < 1.29 is 4.79 Å². The zero-order valence-electron chi connectivity index (χ0n) is 12.2. The third kappa shape index (κ3) is 7.09. The quantitative estimate of drug-likeness (QED) is 0.534. The molecule has 0 aliphatic carbocycles. The Bertz CT molecular complexity index is 431. The second-order valence-corrected chi connectivity index (χ2v) is 5.07. The van der Waals surface area contributed by atoms with Crippen LogP contribution in [0, 0.1) is 0 Å². The number of anilines is 1. The standard InChI is InChI=1S/C15H23N3OS/c1-3-4-5-13-6-8-14(9-7-13)18-15(20)17-11-10-16-12(2)19/h6-9H,3-5,10-11H2,1-2H3,(H,16,19)(H2,17,18,20). The first-order valence-electron chi connectivity index (χ1n) is 7.00. The zero-order chi connectivity index (χ0) is 14.8. The van der Waals surface area contributed by atoms with Crippen LogP contribution in [-0.4, -0.2) is 24.1 Å². The van der Waals surface area contributed by atoms with Crippen molar-refractivity contribution in [1.29, 1.82) is 0 Å². The molecule has 0 aliphatic rings. The maximum absolute atomic E-state index is 10.7. The second-order valence-electron chi connectivity index (χ2n) is 4.66. The summed E-state index contributed by atoms with van der Waals surface area (Å²) in [5, 5.41) is 9.43. The van der Waals surface area contributed by atoms with Gasteiger partial charge >= 0.3 is 0 Å². The van der Waals surface area contributed by atoms with E-state index in [2.05, 4.69) is 35.0 Å². The van der Waals surface area contributed by atoms with Crippen LogP contribution in [0.25, 0.3) is 0 Å². The molecule has 1 aromatic carbocycles. The highest BCUT2D eigenvalue weighted by Crippen LogP contribution is 2.11. The molecule has 0 spiro atoms. The van der Waals surface area contributed by atoms with E-state index in [0.717, 1.165) is 12.1 Å². The molecule has 0 aromatic heterocycles. The van der Waals surface area contributed by atoms with Crippen molar-refractivity contribution in [1.82, 2.24) is 10.6 Å². The summed E-state index contributed by atoms with van der Waals surface area (Å²) in [5.41, 5.74) is 2.32. The molecular formula is C15H23N3OS. The van der Waals surface area contributed by atoms with Gasteiger partial charge in [-0.3, -0.25) is 4.79 Å². The van der Waals surface area contributed by atoms with Gasteiger partial charge in [-0.05, 0) is 42.8 Å². The third-order valence-electron chi connectivity index (χ3n) is 2.82. The molecule has 110 valence electrons. The van der Waals surface area contributed by atoms with Gasteiger partial charge in [-0.15, -0.1) is 0 Å². The number of nitrogens with one attached hydrogen (secondary N) is 3. The maximum Gasteiger partial charge on any atom is 0.216 e. The molecular weight excluding hydrogens is 270 g/mol. The lowest BCUT2D eigenvalue weighted by Crippen LogP contribution is -2.35. The van der Waals surface area contributed by atoms with Gasteiger partial charge in [-0.2, -0.15) is 0 Å². The predicted molar refractivity (Wildman–Crippen MR) is 88.0 cm³/mol. The Hall–Kier alpha value is -1.62. The van der Waals surface area contributed by atoms with Gasteiger partial charge in [0.05, 0.1) is 0 Å². The van der Waals surface area contributed by atoms with E-state index >= 15 is 0 Å². The van der Waals surface area contributed by atoms with Crippen LogP contribution in [-0.2, 0) is 11.2 Å². The van der Waals surface area contributed by atoms with Gasteiger partial charge in [0.1, 0.15) is 0 Å². The Labute approximate surface area is 126 Å². The van der Waals surface area contributed by atoms with Gasteiger partial charge in [0, 0.05) is 25.7 Å². The summed E-state index contributed by atoms with van der Waals surface area (Å²) in [6, 6.07) is 8.31. The Kier molecular flexibility index (Phi) is 7.65. The van der Waals surface area contributed by atoms with Crippen molar-refractivity contribution in [3.8, 4) is 0 Å². The molecule has 0 saturated heterocycles. The van der Waals surface area contributed by atoms with Crippen LogP contribution in [0.4, 0.5) is 5.69 Å². The van der Waals surface area contributed by atoms with E-state index < -0.39 is 0 Å². The van der Waals surface area contributed by atoms with Crippen LogP contribution in [0.15, 0.2) is 24.3 Å². The van der Waals surface area contributed by atoms with Gasteiger partial charge in [-0.1, -0.05) is 25.5 Å². The molecule has 0 aliphatic heterocycles. The van der Waals surface area contributed by atoms with E-state index in [4.69, 9.17) is 12.2 Å². The Balaban J connectivity index is 2.29. The van der Waals surface area contributed by atoms with E-state index in [1.165, 1.54) is 25.3 Å². The molecule has 0 bridgehead atoms. The Morgan fingerprint density at radius 3 is 2.40 bits per heavy atom. The number of benzene rings is 1. The van der Waals surface area contributed by atoms with Gasteiger partial charge in [-0.25, -0.2) is 0 Å². The van der Waals surface area contributed by atoms with Crippen molar-refractivity contribution in [2.24, 2.45) is 0 Å². The highest BCUT2D eigenvalue weighted by molar-refractivity contribution is 7.80. The van der Waals surface area contributed by atoms with Crippen LogP contribution < -0.4 is 16.0 Å². The first-order valence-corrected chi connectivity index (χ1v) is 7.41. The van der Waals surface area contributed by atoms with Crippen molar-refractivity contribution in [2.45, 2.75) is 33.1 Å². The third-order valence-corrected chi connectivity index (χ3v) is 3.06. The van der Waals surface area contributed by atoms with Crippen molar-refractivity contribution in [2.75, 3.05) is 18.4 Å². The minimum absolute atomic E-state index is 0.0339. The largest absolute Gasteiger partial charge is 0.361 e. The lowest BCUT2D eigenvalue weighted by atomic mass is 10.1. The van der Waals surface area contributed by atoms with Crippen molar-refractivity contribution in [3.63, 3.8) is 0 Å². The molecule has 1 amide bonds. The SMILES string of the molecule is CCCCc1ccc(NC(=S)NCCNC(C)=O)cc1. The lowest BCUT2D eigenvalue weighted by molar-refractivity contribution is -0.118. The molecule has 1 aromatic rings. The summed E-state index contributed by atoms with van der Waals surface area (Å²) in [7, 11) is 0. The average Bonchev–Trinajstić information content (AvgIpc) is 2.43. The summed E-state index contributed by atoms with van der Waals surface area (Å²) in [6.07, 6.45) is 3.55. The van der Waals surface area contributed by atoms with Crippen LogP contribution in [0.2, 0.25) is 0 Å². The van der Waals surface area contributed by atoms with E-state index in [0.29, 0.717) is 18.2 Å². The molecule has 0 heterocycles. The molecule has 0 unspecified atom stereocenters. The molecule has 0 fully saturated rings. The molecule has 3 N–H and O–H groups in total.